The van der Waals surface area contributed by atoms with E-state index in [1.807, 2.05) is 65.4 Å². The van der Waals surface area contributed by atoms with Crippen molar-refractivity contribution in [3.63, 3.8) is 0 Å². The average Bonchev–Trinajstić information content (AvgIpc) is 3.25. The minimum Gasteiger partial charge on any atom is -0.479 e. The molecule has 1 atom stereocenters. The van der Waals surface area contributed by atoms with Crippen LogP contribution in [0.2, 0.25) is 0 Å². The van der Waals surface area contributed by atoms with Gasteiger partial charge in [0.15, 0.2) is 6.10 Å². The maximum atomic E-state index is 11.1. The number of aliphatic hydroxyl groups is 1. The standard InChI is InChI=1S/C25H22N2O3/c28-23(24(29)30)16-22-17-27(18-26-22)25(19-10-4-1-5-11-19,20-12-6-2-7-13-20)21-14-8-3-9-15-21/h1-15,17-18,23,28H,16H2,(H,29,30)/t23-/m0/s1. The van der Waals surface area contributed by atoms with Crippen LogP contribution < -0.4 is 0 Å². The summed E-state index contributed by atoms with van der Waals surface area (Å²) in [5.74, 6) is -1.26. The van der Waals surface area contributed by atoms with Crippen molar-refractivity contribution in [1.29, 1.82) is 0 Å². The number of hydrogen-bond acceptors (Lipinski definition) is 3. The molecule has 0 saturated heterocycles. The lowest BCUT2D eigenvalue weighted by Crippen LogP contribution is -2.37. The Labute approximate surface area is 174 Å². The van der Waals surface area contributed by atoms with Gasteiger partial charge in [0.25, 0.3) is 0 Å². The van der Waals surface area contributed by atoms with Crippen LogP contribution in [0.25, 0.3) is 0 Å². The van der Waals surface area contributed by atoms with Gasteiger partial charge in [0.2, 0.25) is 0 Å². The SMILES string of the molecule is O=C(O)[C@@H](O)Cc1cn(C(c2ccccc2)(c2ccccc2)c2ccccc2)cn1. The summed E-state index contributed by atoms with van der Waals surface area (Å²) >= 11 is 0. The van der Waals surface area contributed by atoms with Gasteiger partial charge in [0, 0.05) is 12.6 Å². The smallest absolute Gasteiger partial charge is 0.332 e. The highest BCUT2D eigenvalue weighted by molar-refractivity contribution is 5.72. The lowest BCUT2D eigenvalue weighted by Gasteiger charge is -2.37. The van der Waals surface area contributed by atoms with Crippen LogP contribution in [0.5, 0.6) is 0 Å². The van der Waals surface area contributed by atoms with E-state index in [0.29, 0.717) is 5.69 Å². The maximum Gasteiger partial charge on any atom is 0.332 e. The van der Waals surface area contributed by atoms with Crippen LogP contribution >= 0.6 is 0 Å². The third kappa shape index (κ3) is 3.51. The molecule has 0 saturated carbocycles. The number of aliphatic carboxylic acids is 1. The molecule has 5 heteroatoms. The summed E-state index contributed by atoms with van der Waals surface area (Å²) < 4.78 is 2.00. The van der Waals surface area contributed by atoms with Gasteiger partial charge >= 0.3 is 5.97 Å². The van der Waals surface area contributed by atoms with E-state index in [1.54, 1.807) is 6.33 Å². The second-order valence-corrected chi connectivity index (χ2v) is 7.14. The number of hydrogen-bond donors (Lipinski definition) is 2. The minimum absolute atomic E-state index is 0.0587. The molecule has 4 rings (SSSR count). The number of benzene rings is 3. The van der Waals surface area contributed by atoms with Gasteiger partial charge in [-0.25, -0.2) is 9.78 Å². The highest BCUT2D eigenvalue weighted by Gasteiger charge is 2.38. The van der Waals surface area contributed by atoms with Gasteiger partial charge < -0.3 is 14.8 Å². The van der Waals surface area contributed by atoms with Crippen molar-refractivity contribution in [2.45, 2.75) is 18.1 Å². The monoisotopic (exact) mass is 398 g/mol. The fraction of sp³-hybridized carbons (Fsp3) is 0.120. The fourth-order valence-electron chi connectivity index (χ4n) is 3.92. The molecular weight excluding hydrogens is 376 g/mol. The molecule has 0 unspecified atom stereocenters. The lowest BCUT2D eigenvalue weighted by atomic mass is 9.77. The molecule has 0 spiro atoms. The summed E-state index contributed by atoms with van der Waals surface area (Å²) in [6, 6.07) is 30.4. The van der Waals surface area contributed by atoms with Gasteiger partial charge in [0.1, 0.15) is 5.54 Å². The van der Waals surface area contributed by atoms with E-state index >= 15 is 0 Å². The summed E-state index contributed by atoms with van der Waals surface area (Å²) in [6.45, 7) is 0. The molecule has 0 aliphatic heterocycles. The van der Waals surface area contributed by atoms with E-state index in [2.05, 4.69) is 41.4 Å². The van der Waals surface area contributed by atoms with Gasteiger partial charge in [0.05, 0.1) is 12.0 Å². The Hall–Kier alpha value is -3.70. The second-order valence-electron chi connectivity index (χ2n) is 7.14. The van der Waals surface area contributed by atoms with Crippen molar-refractivity contribution in [3.8, 4) is 0 Å². The summed E-state index contributed by atoms with van der Waals surface area (Å²) in [7, 11) is 0. The quantitative estimate of drug-likeness (QED) is 0.466. The van der Waals surface area contributed by atoms with Crippen molar-refractivity contribution >= 4 is 5.97 Å². The van der Waals surface area contributed by atoms with Crippen LogP contribution in [0.15, 0.2) is 104 Å². The van der Waals surface area contributed by atoms with E-state index in [4.69, 9.17) is 5.11 Å². The number of rotatable bonds is 7. The first-order chi connectivity index (χ1) is 14.6. The molecule has 2 N–H and O–H groups in total. The Morgan fingerprint density at radius 2 is 1.27 bits per heavy atom. The zero-order chi connectivity index (χ0) is 21.0. The molecule has 150 valence electrons. The van der Waals surface area contributed by atoms with Gasteiger partial charge in [-0.05, 0) is 16.7 Å². The molecule has 0 amide bonds. The van der Waals surface area contributed by atoms with E-state index in [9.17, 15) is 9.90 Å². The predicted molar refractivity (Wildman–Crippen MR) is 114 cm³/mol. The molecule has 0 aliphatic rings. The molecule has 0 bridgehead atoms. The molecule has 0 fully saturated rings. The third-order valence-corrected chi connectivity index (χ3v) is 5.29. The number of aliphatic hydroxyl groups excluding tert-OH is 1. The van der Waals surface area contributed by atoms with Gasteiger partial charge in [-0.2, -0.15) is 0 Å². The topological polar surface area (TPSA) is 75.3 Å². The van der Waals surface area contributed by atoms with Crippen molar-refractivity contribution < 1.29 is 15.0 Å². The Morgan fingerprint density at radius 3 is 1.67 bits per heavy atom. The molecular formula is C25H22N2O3. The van der Waals surface area contributed by atoms with E-state index < -0.39 is 17.6 Å². The second kappa shape index (κ2) is 8.35. The Morgan fingerprint density at radius 1 is 0.833 bits per heavy atom. The number of imidazole rings is 1. The summed E-state index contributed by atoms with van der Waals surface area (Å²) in [5.41, 5.74) is 2.95. The molecule has 3 aromatic carbocycles. The zero-order valence-electron chi connectivity index (χ0n) is 16.3. The van der Waals surface area contributed by atoms with Crippen LogP contribution in [0, 0.1) is 0 Å². The summed E-state index contributed by atoms with van der Waals surface area (Å²) in [6.07, 6.45) is 1.97. The zero-order valence-corrected chi connectivity index (χ0v) is 16.3. The van der Waals surface area contributed by atoms with E-state index in [0.717, 1.165) is 16.7 Å². The summed E-state index contributed by atoms with van der Waals surface area (Å²) in [4.78, 5) is 15.5. The first kappa shape index (κ1) is 19.6. The number of carbonyl (C=O) groups is 1. The fourth-order valence-corrected chi connectivity index (χ4v) is 3.92. The van der Waals surface area contributed by atoms with Crippen LogP contribution in [-0.2, 0) is 16.8 Å². The van der Waals surface area contributed by atoms with Crippen LogP contribution in [-0.4, -0.2) is 31.8 Å². The largest absolute Gasteiger partial charge is 0.479 e. The van der Waals surface area contributed by atoms with E-state index in [1.165, 1.54) is 0 Å². The summed E-state index contributed by atoms with van der Waals surface area (Å²) in [5, 5.41) is 18.9. The van der Waals surface area contributed by atoms with Crippen LogP contribution in [0.4, 0.5) is 0 Å². The van der Waals surface area contributed by atoms with Gasteiger partial charge in [-0.15, -0.1) is 0 Å². The molecule has 30 heavy (non-hydrogen) atoms. The van der Waals surface area contributed by atoms with Crippen molar-refractivity contribution in [2.75, 3.05) is 0 Å². The predicted octanol–water partition coefficient (Wildman–Crippen LogP) is 3.71. The minimum atomic E-state index is -1.49. The molecule has 5 nitrogen and oxygen atoms in total. The molecule has 4 aromatic rings. The molecule has 0 aliphatic carbocycles. The van der Waals surface area contributed by atoms with Crippen molar-refractivity contribution in [3.05, 3.63) is 126 Å². The van der Waals surface area contributed by atoms with E-state index in [-0.39, 0.29) is 6.42 Å². The number of carboxylic acids is 1. The van der Waals surface area contributed by atoms with Gasteiger partial charge in [-0.1, -0.05) is 91.0 Å². The highest BCUT2D eigenvalue weighted by atomic mass is 16.4. The number of nitrogens with zero attached hydrogens (tertiary/aromatic N) is 2. The van der Waals surface area contributed by atoms with Gasteiger partial charge in [-0.3, -0.25) is 0 Å². The van der Waals surface area contributed by atoms with Crippen molar-refractivity contribution in [2.24, 2.45) is 0 Å². The van der Waals surface area contributed by atoms with Crippen LogP contribution in [0.3, 0.4) is 0 Å². The average molecular weight is 398 g/mol. The van der Waals surface area contributed by atoms with Crippen molar-refractivity contribution in [1.82, 2.24) is 9.55 Å². The first-order valence-corrected chi connectivity index (χ1v) is 9.73. The highest BCUT2D eigenvalue weighted by Crippen LogP contribution is 2.40. The Kier molecular flexibility index (Phi) is 5.46. The molecule has 0 radical (unpaired) electrons. The first-order valence-electron chi connectivity index (χ1n) is 9.73. The number of aromatic nitrogens is 2. The maximum absolute atomic E-state index is 11.1. The molecule has 1 aromatic heterocycles. The van der Waals surface area contributed by atoms with Crippen LogP contribution in [0.1, 0.15) is 22.4 Å². The number of carboxylic acid groups (broad SMARTS) is 1. The Bertz CT molecular complexity index is 1010. The normalized spacial score (nSPS) is 12.4. The lowest BCUT2D eigenvalue weighted by molar-refractivity contribution is -0.146. The molecule has 1 heterocycles. The third-order valence-electron chi connectivity index (χ3n) is 5.29. The Balaban J connectivity index is 1.97.